The molecule has 0 bridgehead atoms. The van der Waals surface area contributed by atoms with Crippen LogP contribution in [0.3, 0.4) is 0 Å². The summed E-state index contributed by atoms with van der Waals surface area (Å²) in [6.07, 6.45) is 1.65. The Kier molecular flexibility index (Phi) is 5.41. The lowest BCUT2D eigenvalue weighted by atomic mass is 10.1. The largest absolute Gasteiger partial charge is 0.423 e. The quantitative estimate of drug-likeness (QED) is 0.370. The van der Waals surface area contributed by atoms with Gasteiger partial charge in [-0.2, -0.15) is 0 Å². The first-order valence-electron chi connectivity index (χ1n) is 9.28. The molecule has 8 heteroatoms. The van der Waals surface area contributed by atoms with Crippen molar-refractivity contribution >= 4 is 34.3 Å². The lowest BCUT2D eigenvalue weighted by Gasteiger charge is -2.10. The molecule has 0 saturated carbocycles. The van der Waals surface area contributed by atoms with Gasteiger partial charge in [0.1, 0.15) is 16.4 Å². The molecule has 3 heterocycles. The number of rotatable bonds is 5. The molecule has 0 aliphatic carbocycles. The fraction of sp³-hybridized carbons (Fsp3) is 0.182. The zero-order valence-corrected chi connectivity index (χ0v) is 17.5. The molecule has 152 valence electrons. The summed E-state index contributed by atoms with van der Waals surface area (Å²) in [7, 11) is 0. The Morgan fingerprint density at radius 1 is 1.17 bits per heavy atom. The predicted octanol–water partition coefficient (Wildman–Crippen LogP) is 4.65. The van der Waals surface area contributed by atoms with Crippen molar-refractivity contribution < 1.29 is 13.7 Å². The van der Waals surface area contributed by atoms with Gasteiger partial charge in [0.25, 0.3) is 5.91 Å². The fourth-order valence-corrected chi connectivity index (χ4v) is 4.27. The molecule has 1 amide bonds. The van der Waals surface area contributed by atoms with Crippen LogP contribution in [0.15, 0.2) is 61.4 Å². The van der Waals surface area contributed by atoms with Crippen LogP contribution in [0.1, 0.15) is 32.9 Å². The van der Waals surface area contributed by atoms with E-state index < -0.39 is 5.63 Å². The standard InChI is InChI=1S/C22H19N3O4S/c1-12-9-20(26)28-19-10-15(6-7-16(12)19)24-21(27)17-5-4-8-23-22(17)30-11-18-13(2)25-29-14(18)3/h4-10H,11H2,1-3H3,(H,24,27). The number of benzene rings is 1. The first kappa shape index (κ1) is 19.9. The van der Waals surface area contributed by atoms with Gasteiger partial charge in [-0.25, -0.2) is 9.78 Å². The van der Waals surface area contributed by atoms with Crippen LogP contribution in [-0.4, -0.2) is 16.0 Å². The number of amides is 1. The topological polar surface area (TPSA) is 98.2 Å². The highest BCUT2D eigenvalue weighted by atomic mass is 32.2. The molecule has 0 radical (unpaired) electrons. The number of fused-ring (bicyclic) bond motifs is 1. The molecular formula is C22H19N3O4S. The predicted molar refractivity (Wildman–Crippen MR) is 115 cm³/mol. The van der Waals surface area contributed by atoms with Gasteiger partial charge in [0.15, 0.2) is 0 Å². The van der Waals surface area contributed by atoms with Crippen molar-refractivity contribution in [2.45, 2.75) is 31.6 Å². The van der Waals surface area contributed by atoms with Crippen molar-refractivity contribution in [1.29, 1.82) is 0 Å². The van der Waals surface area contributed by atoms with Crippen LogP contribution in [0.4, 0.5) is 5.69 Å². The minimum atomic E-state index is -0.422. The molecule has 0 saturated heterocycles. The van der Waals surface area contributed by atoms with Crippen molar-refractivity contribution in [3.05, 3.63) is 81.2 Å². The monoisotopic (exact) mass is 421 g/mol. The van der Waals surface area contributed by atoms with E-state index in [-0.39, 0.29) is 5.91 Å². The minimum absolute atomic E-state index is 0.293. The van der Waals surface area contributed by atoms with Crippen molar-refractivity contribution in [3.8, 4) is 0 Å². The molecule has 0 spiro atoms. The van der Waals surface area contributed by atoms with E-state index in [4.69, 9.17) is 8.94 Å². The number of nitrogens with one attached hydrogen (secondary N) is 1. The van der Waals surface area contributed by atoms with E-state index in [1.165, 1.54) is 17.8 Å². The molecule has 4 aromatic rings. The summed E-state index contributed by atoms with van der Waals surface area (Å²) in [5.41, 5.74) is 3.65. The Labute approximate surface area is 176 Å². The Morgan fingerprint density at radius 3 is 2.77 bits per heavy atom. The normalized spacial score (nSPS) is 11.0. The van der Waals surface area contributed by atoms with Gasteiger partial charge in [0, 0.05) is 40.7 Å². The highest BCUT2D eigenvalue weighted by Crippen LogP contribution is 2.28. The lowest BCUT2D eigenvalue weighted by Crippen LogP contribution is -2.13. The van der Waals surface area contributed by atoms with E-state index in [9.17, 15) is 9.59 Å². The fourth-order valence-electron chi connectivity index (χ4n) is 3.13. The molecule has 0 fully saturated rings. The van der Waals surface area contributed by atoms with Crippen LogP contribution in [0.5, 0.6) is 0 Å². The van der Waals surface area contributed by atoms with Crippen LogP contribution in [0, 0.1) is 20.8 Å². The Hall–Kier alpha value is -3.39. The Morgan fingerprint density at radius 2 is 2.00 bits per heavy atom. The maximum Gasteiger partial charge on any atom is 0.336 e. The van der Waals surface area contributed by atoms with Gasteiger partial charge < -0.3 is 14.3 Å². The molecular weight excluding hydrogens is 402 g/mol. The van der Waals surface area contributed by atoms with E-state index in [1.54, 1.807) is 30.5 Å². The van der Waals surface area contributed by atoms with E-state index in [0.29, 0.717) is 27.6 Å². The van der Waals surface area contributed by atoms with Gasteiger partial charge in [-0.15, -0.1) is 11.8 Å². The van der Waals surface area contributed by atoms with Crippen LogP contribution in [-0.2, 0) is 5.75 Å². The number of aromatic nitrogens is 2. The number of hydrogen-bond acceptors (Lipinski definition) is 7. The van der Waals surface area contributed by atoms with Crippen LogP contribution in [0.2, 0.25) is 0 Å². The molecule has 1 aromatic carbocycles. The number of thioether (sulfide) groups is 1. The third-order valence-electron chi connectivity index (χ3n) is 4.76. The van der Waals surface area contributed by atoms with E-state index >= 15 is 0 Å². The smallest absolute Gasteiger partial charge is 0.336 e. The zero-order valence-electron chi connectivity index (χ0n) is 16.7. The maximum absolute atomic E-state index is 12.9. The van der Waals surface area contributed by atoms with Gasteiger partial charge >= 0.3 is 5.63 Å². The first-order valence-corrected chi connectivity index (χ1v) is 10.3. The number of carbonyl (C=O) groups is 1. The SMILES string of the molecule is Cc1noc(C)c1CSc1ncccc1C(=O)Nc1ccc2c(C)cc(=O)oc2c1. The second-order valence-corrected chi connectivity index (χ2v) is 7.83. The summed E-state index contributed by atoms with van der Waals surface area (Å²) in [5, 5.41) is 8.25. The van der Waals surface area contributed by atoms with E-state index in [1.807, 2.05) is 26.8 Å². The first-order chi connectivity index (χ1) is 14.4. The van der Waals surface area contributed by atoms with E-state index in [0.717, 1.165) is 28.0 Å². The van der Waals surface area contributed by atoms with Gasteiger partial charge in [0.2, 0.25) is 0 Å². The van der Waals surface area contributed by atoms with Gasteiger partial charge in [0.05, 0.1) is 11.3 Å². The summed E-state index contributed by atoms with van der Waals surface area (Å²) >= 11 is 1.45. The lowest BCUT2D eigenvalue weighted by molar-refractivity contribution is 0.102. The number of aryl methyl sites for hydroxylation is 3. The van der Waals surface area contributed by atoms with Crippen LogP contribution >= 0.6 is 11.8 Å². The van der Waals surface area contributed by atoms with Crippen molar-refractivity contribution in [3.63, 3.8) is 0 Å². The molecule has 0 aliphatic rings. The highest BCUT2D eigenvalue weighted by molar-refractivity contribution is 7.98. The van der Waals surface area contributed by atoms with Gasteiger partial charge in [-0.05, 0) is 50.6 Å². The summed E-state index contributed by atoms with van der Waals surface area (Å²) in [6, 6.07) is 10.1. The number of nitrogens with zero attached hydrogens (tertiary/aromatic N) is 2. The van der Waals surface area contributed by atoms with Crippen molar-refractivity contribution in [2.75, 3.05) is 5.32 Å². The number of anilines is 1. The Balaban J connectivity index is 1.57. The second-order valence-electron chi connectivity index (χ2n) is 6.86. The molecule has 3 aromatic heterocycles. The van der Waals surface area contributed by atoms with Crippen molar-refractivity contribution in [2.24, 2.45) is 0 Å². The van der Waals surface area contributed by atoms with Gasteiger partial charge in [-0.3, -0.25) is 4.79 Å². The van der Waals surface area contributed by atoms with Gasteiger partial charge in [-0.1, -0.05) is 5.16 Å². The minimum Gasteiger partial charge on any atom is -0.423 e. The average Bonchev–Trinajstić information content (AvgIpc) is 3.03. The molecule has 0 unspecified atom stereocenters. The summed E-state index contributed by atoms with van der Waals surface area (Å²) < 4.78 is 10.5. The van der Waals surface area contributed by atoms with Crippen LogP contribution in [0.25, 0.3) is 11.0 Å². The number of hydrogen-bond donors (Lipinski definition) is 1. The average molecular weight is 421 g/mol. The molecule has 0 aliphatic heterocycles. The van der Waals surface area contributed by atoms with Crippen LogP contribution < -0.4 is 10.9 Å². The number of carbonyl (C=O) groups excluding carboxylic acids is 1. The van der Waals surface area contributed by atoms with E-state index in [2.05, 4.69) is 15.5 Å². The molecule has 0 atom stereocenters. The molecule has 30 heavy (non-hydrogen) atoms. The summed E-state index contributed by atoms with van der Waals surface area (Å²) in [6.45, 7) is 5.59. The molecule has 1 N–H and O–H groups in total. The summed E-state index contributed by atoms with van der Waals surface area (Å²) in [5.74, 6) is 1.06. The second kappa shape index (κ2) is 8.16. The molecule has 4 rings (SSSR count). The zero-order chi connectivity index (χ0) is 21.3. The summed E-state index contributed by atoms with van der Waals surface area (Å²) in [4.78, 5) is 28.9. The van der Waals surface area contributed by atoms with Crippen molar-refractivity contribution in [1.82, 2.24) is 10.1 Å². The third kappa shape index (κ3) is 3.99. The molecule has 7 nitrogen and oxygen atoms in total. The number of pyridine rings is 1. The maximum atomic E-state index is 12.9. The third-order valence-corrected chi connectivity index (χ3v) is 5.79. The highest BCUT2D eigenvalue weighted by Gasteiger charge is 2.16. The Bertz CT molecular complexity index is 1290.